The van der Waals surface area contributed by atoms with Crippen LogP contribution in [0.4, 0.5) is 5.69 Å². The van der Waals surface area contributed by atoms with Gasteiger partial charge in [-0.05, 0) is 70.6 Å². The molecule has 0 aliphatic heterocycles. The number of methoxy groups -OCH3 is 1. The van der Waals surface area contributed by atoms with E-state index in [0.717, 1.165) is 13.7 Å². The zero-order valence-corrected chi connectivity index (χ0v) is 13.7. The molecule has 1 N–H and O–H groups in total. The molecule has 1 aromatic rings. The van der Waals surface area contributed by atoms with Crippen molar-refractivity contribution in [3.05, 3.63) is 26.2 Å². The summed E-state index contributed by atoms with van der Waals surface area (Å²) in [6, 6.07) is 6.02. The summed E-state index contributed by atoms with van der Waals surface area (Å²) in [7, 11) is 1.41. The van der Waals surface area contributed by atoms with E-state index < -0.39 is 0 Å². The Kier molecular flexibility index (Phi) is 5.72. The van der Waals surface area contributed by atoms with Crippen molar-refractivity contribution < 1.29 is 9.53 Å². The van der Waals surface area contributed by atoms with Gasteiger partial charge in [0.25, 0.3) is 0 Å². The molecule has 5 heteroatoms. The summed E-state index contributed by atoms with van der Waals surface area (Å²) < 4.78 is 6.92. The molecule has 0 aromatic heterocycles. The second-order valence-electron chi connectivity index (χ2n) is 3.87. The minimum Gasteiger partial charge on any atom is -0.469 e. The van der Waals surface area contributed by atoms with Crippen molar-refractivity contribution in [2.75, 3.05) is 12.4 Å². The molecule has 17 heavy (non-hydrogen) atoms. The molecule has 0 fully saturated rings. The number of nitrogens with one attached hydrogen (secondary N) is 1. The van der Waals surface area contributed by atoms with Crippen molar-refractivity contribution in [1.29, 1.82) is 0 Å². The van der Waals surface area contributed by atoms with E-state index in [0.29, 0.717) is 0 Å². The molecular weight excluding hydrogens is 397 g/mol. The molecule has 2 unspecified atom stereocenters. The third kappa shape index (κ3) is 4.13. The van der Waals surface area contributed by atoms with E-state index in [1.165, 1.54) is 7.11 Å². The topological polar surface area (TPSA) is 38.3 Å². The molecule has 2 atom stereocenters. The third-order valence-electron chi connectivity index (χ3n) is 2.64. The van der Waals surface area contributed by atoms with Gasteiger partial charge in [-0.3, -0.25) is 4.79 Å². The van der Waals surface area contributed by atoms with Gasteiger partial charge in [-0.25, -0.2) is 0 Å². The van der Waals surface area contributed by atoms with E-state index in [2.05, 4.69) is 43.8 Å². The smallest absolute Gasteiger partial charge is 0.310 e. The number of rotatable bonds is 4. The fraction of sp³-hybridized carbons (Fsp3) is 0.417. The SMILES string of the molecule is COC(=O)C(C)C(C)Nc1ccc(Br)c(I)c1. The van der Waals surface area contributed by atoms with Gasteiger partial charge < -0.3 is 10.1 Å². The molecule has 0 amide bonds. The van der Waals surface area contributed by atoms with Crippen LogP contribution in [0.25, 0.3) is 0 Å². The highest BCUT2D eigenvalue weighted by Gasteiger charge is 2.20. The maximum atomic E-state index is 11.4. The zero-order valence-electron chi connectivity index (χ0n) is 9.96. The summed E-state index contributed by atoms with van der Waals surface area (Å²) in [6.07, 6.45) is 0. The largest absolute Gasteiger partial charge is 0.469 e. The van der Waals surface area contributed by atoms with E-state index >= 15 is 0 Å². The molecule has 94 valence electrons. The van der Waals surface area contributed by atoms with Crippen LogP contribution in [0.1, 0.15) is 13.8 Å². The Balaban J connectivity index is 2.70. The van der Waals surface area contributed by atoms with Gasteiger partial charge in [0.15, 0.2) is 0 Å². The number of carbonyl (C=O) groups is 1. The first-order chi connectivity index (χ1) is 7.95. The molecule has 0 bridgehead atoms. The highest BCUT2D eigenvalue weighted by molar-refractivity contribution is 14.1. The summed E-state index contributed by atoms with van der Waals surface area (Å²) >= 11 is 5.71. The van der Waals surface area contributed by atoms with Gasteiger partial charge in [0.2, 0.25) is 0 Å². The van der Waals surface area contributed by atoms with Crippen LogP contribution < -0.4 is 5.32 Å². The van der Waals surface area contributed by atoms with Crippen LogP contribution in [0.15, 0.2) is 22.7 Å². The second-order valence-corrected chi connectivity index (χ2v) is 5.89. The lowest BCUT2D eigenvalue weighted by Crippen LogP contribution is -2.30. The third-order valence-corrected chi connectivity index (χ3v) is 4.96. The van der Waals surface area contributed by atoms with Crippen LogP contribution in [0.3, 0.4) is 0 Å². The molecule has 0 spiro atoms. The van der Waals surface area contributed by atoms with E-state index in [9.17, 15) is 4.79 Å². The van der Waals surface area contributed by atoms with E-state index in [4.69, 9.17) is 4.74 Å². The Bertz CT molecular complexity index is 411. The van der Waals surface area contributed by atoms with E-state index in [1.807, 2.05) is 32.0 Å². The lowest BCUT2D eigenvalue weighted by Gasteiger charge is -2.20. The molecule has 0 heterocycles. The van der Waals surface area contributed by atoms with Crippen molar-refractivity contribution >= 4 is 50.2 Å². The minimum absolute atomic E-state index is 0.0272. The lowest BCUT2D eigenvalue weighted by atomic mass is 10.0. The summed E-state index contributed by atoms with van der Waals surface area (Å²) in [4.78, 5) is 11.4. The number of halogens is 2. The molecule has 0 radical (unpaired) electrons. The summed E-state index contributed by atoms with van der Waals surface area (Å²) in [5.74, 6) is -0.377. The molecule has 0 saturated heterocycles. The van der Waals surface area contributed by atoms with E-state index in [-0.39, 0.29) is 17.9 Å². The van der Waals surface area contributed by atoms with Gasteiger partial charge in [-0.15, -0.1) is 0 Å². The lowest BCUT2D eigenvalue weighted by molar-refractivity contribution is -0.145. The minimum atomic E-state index is -0.197. The first-order valence-electron chi connectivity index (χ1n) is 5.25. The predicted octanol–water partition coefficient (Wildman–Crippen LogP) is 3.66. The number of esters is 1. The molecule has 0 aliphatic rings. The molecule has 0 aliphatic carbocycles. The summed E-state index contributed by atoms with van der Waals surface area (Å²) in [6.45, 7) is 3.82. The number of anilines is 1. The van der Waals surface area contributed by atoms with Crippen LogP contribution in [0.5, 0.6) is 0 Å². The van der Waals surface area contributed by atoms with Gasteiger partial charge in [-0.1, -0.05) is 0 Å². The Morgan fingerprint density at radius 1 is 1.47 bits per heavy atom. The number of benzene rings is 1. The van der Waals surface area contributed by atoms with Gasteiger partial charge in [-0.2, -0.15) is 0 Å². The van der Waals surface area contributed by atoms with Gasteiger partial charge >= 0.3 is 5.97 Å². The van der Waals surface area contributed by atoms with Crippen molar-refractivity contribution in [1.82, 2.24) is 0 Å². The van der Waals surface area contributed by atoms with Crippen LogP contribution in [0, 0.1) is 9.49 Å². The average molecular weight is 412 g/mol. The van der Waals surface area contributed by atoms with Crippen LogP contribution in [-0.4, -0.2) is 19.1 Å². The Hall–Kier alpha value is -0.300. The average Bonchev–Trinajstić information content (AvgIpc) is 2.31. The fourth-order valence-electron chi connectivity index (χ4n) is 1.36. The molecule has 3 nitrogen and oxygen atoms in total. The quantitative estimate of drug-likeness (QED) is 0.606. The highest BCUT2D eigenvalue weighted by atomic mass is 127. The fourth-order valence-corrected chi connectivity index (χ4v) is 2.13. The van der Waals surface area contributed by atoms with E-state index in [1.54, 1.807) is 0 Å². The number of carbonyl (C=O) groups excluding carboxylic acids is 1. The zero-order chi connectivity index (χ0) is 13.0. The number of hydrogen-bond donors (Lipinski definition) is 1. The molecule has 1 rings (SSSR count). The molecule has 1 aromatic carbocycles. The summed E-state index contributed by atoms with van der Waals surface area (Å²) in [5, 5.41) is 3.30. The Morgan fingerprint density at radius 2 is 2.12 bits per heavy atom. The Morgan fingerprint density at radius 3 is 2.65 bits per heavy atom. The van der Waals surface area contributed by atoms with Gasteiger partial charge in [0.05, 0.1) is 13.0 Å². The molecule has 0 saturated carbocycles. The highest BCUT2D eigenvalue weighted by Crippen LogP contribution is 2.23. The number of ether oxygens (including phenoxy) is 1. The van der Waals surface area contributed by atoms with Crippen LogP contribution in [0.2, 0.25) is 0 Å². The maximum Gasteiger partial charge on any atom is 0.310 e. The standard InChI is InChI=1S/C12H15BrINO2/c1-7(12(16)17-3)8(2)15-9-4-5-10(13)11(14)6-9/h4-8,15H,1-3H3. The van der Waals surface area contributed by atoms with Gasteiger partial charge in [0, 0.05) is 19.8 Å². The Labute approximate surface area is 124 Å². The molecular formula is C12H15BrINO2. The first kappa shape index (κ1) is 14.8. The van der Waals surface area contributed by atoms with Crippen molar-refractivity contribution in [2.45, 2.75) is 19.9 Å². The second kappa shape index (κ2) is 6.58. The van der Waals surface area contributed by atoms with Gasteiger partial charge in [0.1, 0.15) is 0 Å². The van der Waals surface area contributed by atoms with Crippen LogP contribution >= 0.6 is 38.5 Å². The van der Waals surface area contributed by atoms with Crippen molar-refractivity contribution in [3.63, 3.8) is 0 Å². The summed E-state index contributed by atoms with van der Waals surface area (Å²) in [5.41, 5.74) is 1.00. The van der Waals surface area contributed by atoms with Crippen LogP contribution in [-0.2, 0) is 9.53 Å². The monoisotopic (exact) mass is 411 g/mol. The maximum absolute atomic E-state index is 11.4. The predicted molar refractivity (Wildman–Crippen MR) is 81.1 cm³/mol. The van der Waals surface area contributed by atoms with Crippen molar-refractivity contribution in [2.24, 2.45) is 5.92 Å². The first-order valence-corrected chi connectivity index (χ1v) is 7.12. The van der Waals surface area contributed by atoms with Crippen molar-refractivity contribution in [3.8, 4) is 0 Å². The normalized spacial score (nSPS) is 13.9. The number of hydrogen-bond acceptors (Lipinski definition) is 3.